The number of carbonyl (C=O) groups is 2. The SMILES string of the molecule is CC(=O)NCCCOc1cccc2c1B(O)OC2CNC(=O)OC(C)(C)C. The molecule has 1 aromatic rings. The largest absolute Gasteiger partial charge is 0.495 e. The topological polar surface area (TPSA) is 106 Å². The van der Waals surface area contributed by atoms with Crippen molar-refractivity contribution < 1.29 is 28.7 Å². The number of hydrogen-bond donors (Lipinski definition) is 3. The molecule has 9 heteroatoms. The average Bonchev–Trinajstić information content (AvgIpc) is 2.88. The molecule has 0 aliphatic carbocycles. The Balaban J connectivity index is 1.94. The highest BCUT2D eigenvalue weighted by Gasteiger charge is 2.38. The van der Waals surface area contributed by atoms with E-state index in [2.05, 4.69) is 10.6 Å². The molecule has 3 N–H and O–H groups in total. The molecular weight excluding hydrogens is 351 g/mol. The van der Waals surface area contributed by atoms with Crippen molar-refractivity contribution in [2.24, 2.45) is 0 Å². The molecule has 0 fully saturated rings. The lowest BCUT2D eigenvalue weighted by molar-refractivity contribution is -0.118. The van der Waals surface area contributed by atoms with Crippen molar-refractivity contribution in [2.75, 3.05) is 19.7 Å². The summed E-state index contributed by atoms with van der Waals surface area (Å²) in [6.45, 7) is 7.90. The van der Waals surface area contributed by atoms with Crippen LogP contribution in [0.15, 0.2) is 18.2 Å². The zero-order chi connectivity index (χ0) is 20.0. The van der Waals surface area contributed by atoms with Gasteiger partial charge < -0.3 is 29.8 Å². The summed E-state index contributed by atoms with van der Waals surface area (Å²) in [6.07, 6.45) is -0.394. The number of rotatable bonds is 7. The van der Waals surface area contributed by atoms with Crippen molar-refractivity contribution in [3.05, 3.63) is 23.8 Å². The molecule has 8 nitrogen and oxygen atoms in total. The molecule has 0 saturated carbocycles. The molecule has 0 spiro atoms. The van der Waals surface area contributed by atoms with E-state index in [-0.39, 0.29) is 12.5 Å². The second kappa shape index (κ2) is 9.10. The van der Waals surface area contributed by atoms with Crippen LogP contribution in [-0.2, 0) is 14.2 Å². The highest BCUT2D eigenvalue weighted by atomic mass is 16.6. The van der Waals surface area contributed by atoms with Crippen LogP contribution in [-0.4, -0.2) is 49.4 Å². The number of benzene rings is 1. The van der Waals surface area contributed by atoms with Crippen LogP contribution in [0.3, 0.4) is 0 Å². The smallest absolute Gasteiger partial charge is 0.494 e. The quantitative estimate of drug-likeness (QED) is 0.480. The monoisotopic (exact) mass is 378 g/mol. The van der Waals surface area contributed by atoms with E-state index in [0.29, 0.717) is 30.8 Å². The second-order valence-corrected chi connectivity index (χ2v) is 7.30. The second-order valence-electron chi connectivity index (χ2n) is 7.30. The summed E-state index contributed by atoms with van der Waals surface area (Å²) in [6, 6.07) is 5.40. The summed E-state index contributed by atoms with van der Waals surface area (Å²) in [4.78, 5) is 22.7. The molecule has 0 radical (unpaired) electrons. The van der Waals surface area contributed by atoms with Crippen molar-refractivity contribution in [2.45, 2.75) is 45.8 Å². The molecular formula is C18H27BN2O6. The van der Waals surface area contributed by atoms with E-state index in [1.807, 2.05) is 12.1 Å². The molecule has 1 atom stereocenters. The standard InChI is InChI=1S/C18H27BN2O6/c1-12(22)20-9-6-10-25-14-8-5-7-13-15(27-19(24)16(13)14)11-21-17(23)26-18(2,3)4/h5,7-8,15,24H,6,9-11H2,1-4H3,(H,20,22)(H,21,23). The highest BCUT2D eigenvalue weighted by Crippen LogP contribution is 2.27. The molecule has 2 rings (SSSR count). The maximum absolute atomic E-state index is 11.8. The highest BCUT2D eigenvalue weighted by molar-refractivity contribution is 6.62. The van der Waals surface area contributed by atoms with Crippen LogP contribution in [0.1, 0.15) is 45.8 Å². The third kappa shape index (κ3) is 6.44. The third-order valence-corrected chi connectivity index (χ3v) is 3.77. The summed E-state index contributed by atoms with van der Waals surface area (Å²) in [7, 11) is -1.13. The van der Waals surface area contributed by atoms with E-state index < -0.39 is 24.9 Å². The normalized spacial score (nSPS) is 15.9. The number of fused-ring (bicyclic) bond motifs is 1. The Bertz CT molecular complexity index is 676. The first-order valence-corrected chi connectivity index (χ1v) is 8.98. The van der Waals surface area contributed by atoms with Crippen molar-refractivity contribution in [3.8, 4) is 5.75 Å². The minimum absolute atomic E-state index is 0.0836. The molecule has 1 unspecified atom stereocenters. The fourth-order valence-electron chi connectivity index (χ4n) is 2.70. The Kier molecular flexibility index (Phi) is 7.09. The van der Waals surface area contributed by atoms with Gasteiger partial charge in [0.15, 0.2) is 0 Å². The van der Waals surface area contributed by atoms with Gasteiger partial charge in [-0.25, -0.2) is 4.79 Å². The number of ether oxygens (including phenoxy) is 2. The molecule has 2 amide bonds. The van der Waals surface area contributed by atoms with Crippen molar-refractivity contribution in [1.29, 1.82) is 0 Å². The number of nitrogens with one attached hydrogen (secondary N) is 2. The number of carbonyl (C=O) groups excluding carboxylic acids is 2. The van der Waals surface area contributed by atoms with Gasteiger partial charge in [-0.05, 0) is 38.8 Å². The Morgan fingerprint density at radius 3 is 2.70 bits per heavy atom. The minimum atomic E-state index is -1.13. The van der Waals surface area contributed by atoms with Gasteiger partial charge in [0.25, 0.3) is 0 Å². The van der Waals surface area contributed by atoms with E-state index >= 15 is 0 Å². The summed E-state index contributed by atoms with van der Waals surface area (Å²) in [5.74, 6) is 0.447. The number of hydrogen-bond acceptors (Lipinski definition) is 6. The van der Waals surface area contributed by atoms with Crippen LogP contribution in [0.25, 0.3) is 0 Å². The van der Waals surface area contributed by atoms with E-state index in [4.69, 9.17) is 14.1 Å². The predicted molar refractivity (Wildman–Crippen MR) is 101 cm³/mol. The van der Waals surface area contributed by atoms with Crippen LogP contribution in [0.5, 0.6) is 5.75 Å². The van der Waals surface area contributed by atoms with Gasteiger partial charge in [0.05, 0.1) is 12.7 Å². The lowest BCUT2D eigenvalue weighted by Crippen LogP contribution is -2.35. The van der Waals surface area contributed by atoms with Crippen LogP contribution < -0.4 is 20.8 Å². The van der Waals surface area contributed by atoms with Crippen LogP contribution in [0, 0.1) is 0 Å². The third-order valence-electron chi connectivity index (χ3n) is 3.77. The maximum atomic E-state index is 11.8. The molecule has 1 aliphatic rings. The molecule has 148 valence electrons. The van der Waals surface area contributed by atoms with E-state index in [9.17, 15) is 14.6 Å². The zero-order valence-corrected chi connectivity index (χ0v) is 16.2. The van der Waals surface area contributed by atoms with Gasteiger partial charge >= 0.3 is 13.2 Å². The molecule has 0 saturated heterocycles. The Labute approximate surface area is 159 Å². The predicted octanol–water partition coefficient (Wildman–Crippen LogP) is 0.875. The van der Waals surface area contributed by atoms with Gasteiger partial charge in [0, 0.05) is 25.5 Å². The van der Waals surface area contributed by atoms with Gasteiger partial charge in [-0.15, -0.1) is 0 Å². The maximum Gasteiger partial charge on any atom is 0.495 e. The summed E-state index contributed by atoms with van der Waals surface area (Å²) >= 11 is 0. The summed E-state index contributed by atoms with van der Waals surface area (Å²) in [5.41, 5.74) is 0.738. The molecule has 1 heterocycles. The van der Waals surface area contributed by atoms with Crippen LogP contribution >= 0.6 is 0 Å². The first-order valence-electron chi connectivity index (χ1n) is 8.98. The minimum Gasteiger partial charge on any atom is -0.494 e. The van der Waals surface area contributed by atoms with E-state index in [1.165, 1.54) is 6.92 Å². The van der Waals surface area contributed by atoms with Gasteiger partial charge in [0.2, 0.25) is 5.91 Å². The van der Waals surface area contributed by atoms with Gasteiger partial charge in [-0.3, -0.25) is 4.79 Å². The van der Waals surface area contributed by atoms with Gasteiger partial charge in [-0.2, -0.15) is 0 Å². The lowest BCUT2D eigenvalue weighted by Gasteiger charge is -2.21. The molecule has 1 aliphatic heterocycles. The molecule has 0 bridgehead atoms. The number of alkyl carbamates (subject to hydrolysis) is 1. The van der Waals surface area contributed by atoms with Crippen molar-refractivity contribution in [3.63, 3.8) is 0 Å². The average molecular weight is 378 g/mol. The number of amides is 2. The van der Waals surface area contributed by atoms with Crippen LogP contribution in [0.4, 0.5) is 4.79 Å². The van der Waals surface area contributed by atoms with E-state index in [1.54, 1.807) is 26.8 Å². The first kappa shape index (κ1) is 21.0. The summed E-state index contributed by atoms with van der Waals surface area (Å²) in [5, 5.41) is 15.6. The molecule has 0 aromatic heterocycles. The molecule has 27 heavy (non-hydrogen) atoms. The fourth-order valence-corrected chi connectivity index (χ4v) is 2.70. The fraction of sp³-hybridized carbons (Fsp3) is 0.556. The Morgan fingerprint density at radius 2 is 2.04 bits per heavy atom. The van der Waals surface area contributed by atoms with Gasteiger partial charge in [0.1, 0.15) is 11.4 Å². The first-order chi connectivity index (χ1) is 12.7. The summed E-state index contributed by atoms with van der Waals surface area (Å²) < 4.78 is 16.5. The molecule has 1 aromatic carbocycles. The Hall–Kier alpha value is -2.26. The Morgan fingerprint density at radius 1 is 1.30 bits per heavy atom. The van der Waals surface area contributed by atoms with Crippen LogP contribution in [0.2, 0.25) is 0 Å². The van der Waals surface area contributed by atoms with Crippen molar-refractivity contribution in [1.82, 2.24) is 10.6 Å². The van der Waals surface area contributed by atoms with E-state index in [0.717, 1.165) is 5.56 Å². The van der Waals surface area contributed by atoms with Gasteiger partial charge in [-0.1, -0.05) is 12.1 Å². The lowest BCUT2D eigenvalue weighted by atomic mass is 9.78. The van der Waals surface area contributed by atoms with Crippen molar-refractivity contribution >= 4 is 24.6 Å². The zero-order valence-electron chi connectivity index (χ0n) is 16.2.